The molecule has 0 radical (unpaired) electrons. The summed E-state index contributed by atoms with van der Waals surface area (Å²) in [6, 6.07) is 2.17. The van der Waals surface area contributed by atoms with Crippen molar-refractivity contribution in [2.75, 3.05) is 36.8 Å². The second kappa shape index (κ2) is 4.70. The third kappa shape index (κ3) is 2.23. The van der Waals surface area contributed by atoms with Gasteiger partial charge in [-0.15, -0.1) is 0 Å². The molecule has 0 amide bonds. The van der Waals surface area contributed by atoms with Crippen LogP contribution in [0.25, 0.3) is 0 Å². The third-order valence-corrected chi connectivity index (χ3v) is 4.06. The number of nitrogens with zero attached hydrogens (tertiary/aromatic N) is 3. The van der Waals surface area contributed by atoms with Gasteiger partial charge in [-0.05, 0) is 25.5 Å². The van der Waals surface area contributed by atoms with Gasteiger partial charge in [0.1, 0.15) is 5.82 Å². The van der Waals surface area contributed by atoms with Gasteiger partial charge in [-0.3, -0.25) is 4.90 Å². The van der Waals surface area contributed by atoms with E-state index >= 15 is 0 Å². The molecule has 1 unspecified atom stereocenters. The van der Waals surface area contributed by atoms with Crippen LogP contribution >= 0.6 is 0 Å². The van der Waals surface area contributed by atoms with Crippen LogP contribution in [0.5, 0.6) is 0 Å². The van der Waals surface area contributed by atoms with Crippen LogP contribution in [0.1, 0.15) is 23.2 Å². The van der Waals surface area contributed by atoms with Crippen molar-refractivity contribution in [3.63, 3.8) is 0 Å². The van der Waals surface area contributed by atoms with Crippen molar-refractivity contribution in [1.29, 1.82) is 0 Å². The van der Waals surface area contributed by atoms with Crippen molar-refractivity contribution in [2.24, 2.45) is 0 Å². The predicted molar refractivity (Wildman–Crippen MR) is 72.4 cm³/mol. The second-order valence-electron chi connectivity index (χ2n) is 5.21. The van der Waals surface area contributed by atoms with Gasteiger partial charge in [0.05, 0.1) is 17.4 Å². The van der Waals surface area contributed by atoms with E-state index in [2.05, 4.69) is 14.8 Å². The summed E-state index contributed by atoms with van der Waals surface area (Å²) in [4.78, 5) is 20.1. The van der Waals surface area contributed by atoms with Crippen LogP contribution in [0.3, 0.4) is 0 Å². The summed E-state index contributed by atoms with van der Waals surface area (Å²) in [6.07, 6.45) is 3.92. The Kier molecular flexibility index (Phi) is 3.02. The fourth-order valence-electron chi connectivity index (χ4n) is 3.01. The molecule has 2 saturated heterocycles. The number of rotatable bonds is 2. The van der Waals surface area contributed by atoms with Gasteiger partial charge in [0.25, 0.3) is 0 Å². The van der Waals surface area contributed by atoms with Crippen LogP contribution in [0, 0.1) is 0 Å². The smallest absolute Gasteiger partial charge is 0.337 e. The maximum Gasteiger partial charge on any atom is 0.337 e. The zero-order valence-corrected chi connectivity index (χ0v) is 10.7. The van der Waals surface area contributed by atoms with Crippen LogP contribution in [0.4, 0.5) is 11.5 Å². The Labute approximate surface area is 111 Å². The van der Waals surface area contributed by atoms with Crippen LogP contribution in [0.2, 0.25) is 0 Å². The molecular weight excluding hydrogens is 244 g/mol. The van der Waals surface area contributed by atoms with E-state index in [1.807, 2.05) is 0 Å². The van der Waals surface area contributed by atoms with E-state index in [1.165, 1.54) is 25.6 Å². The van der Waals surface area contributed by atoms with E-state index in [0.29, 0.717) is 6.04 Å². The minimum absolute atomic E-state index is 0.138. The number of aromatic carboxylic acids is 1. The first kappa shape index (κ1) is 12.2. The first-order chi connectivity index (χ1) is 9.15. The summed E-state index contributed by atoms with van der Waals surface area (Å²) in [5.41, 5.74) is 5.99. The normalized spacial score (nSPS) is 23.4. The Morgan fingerprint density at radius 2 is 2.26 bits per heavy atom. The number of piperazine rings is 1. The molecule has 6 nitrogen and oxygen atoms in total. The molecule has 1 aromatic heterocycles. The molecule has 2 aliphatic heterocycles. The van der Waals surface area contributed by atoms with E-state index in [1.54, 1.807) is 6.07 Å². The van der Waals surface area contributed by atoms with Crippen molar-refractivity contribution in [1.82, 2.24) is 9.88 Å². The average molecular weight is 262 g/mol. The summed E-state index contributed by atoms with van der Waals surface area (Å²) in [5.74, 6) is -0.279. The molecule has 2 fully saturated rings. The minimum Gasteiger partial charge on any atom is -0.478 e. The molecule has 2 aliphatic rings. The Morgan fingerprint density at radius 1 is 1.42 bits per heavy atom. The zero-order valence-electron chi connectivity index (χ0n) is 10.7. The van der Waals surface area contributed by atoms with Gasteiger partial charge in [-0.25, -0.2) is 9.78 Å². The molecule has 3 rings (SSSR count). The SMILES string of the molecule is Nc1cnc(N2CCN3CCCC3C2)cc1C(=O)O. The first-order valence-corrected chi connectivity index (χ1v) is 6.63. The predicted octanol–water partition coefficient (Wildman–Crippen LogP) is 0.646. The van der Waals surface area contributed by atoms with Gasteiger partial charge in [-0.2, -0.15) is 0 Å². The lowest BCUT2D eigenvalue weighted by atomic mass is 10.1. The maximum absolute atomic E-state index is 11.1. The molecule has 3 N–H and O–H groups in total. The summed E-state index contributed by atoms with van der Waals surface area (Å²) < 4.78 is 0. The number of hydrogen-bond donors (Lipinski definition) is 2. The Bertz CT molecular complexity index is 505. The minimum atomic E-state index is -0.999. The summed E-state index contributed by atoms with van der Waals surface area (Å²) in [5, 5.41) is 9.10. The highest BCUT2D eigenvalue weighted by molar-refractivity contribution is 5.94. The largest absolute Gasteiger partial charge is 0.478 e. The molecule has 102 valence electrons. The van der Waals surface area contributed by atoms with E-state index in [9.17, 15) is 4.79 Å². The van der Waals surface area contributed by atoms with E-state index < -0.39 is 5.97 Å². The molecule has 6 heteroatoms. The zero-order chi connectivity index (χ0) is 13.4. The van der Waals surface area contributed by atoms with Gasteiger partial charge >= 0.3 is 5.97 Å². The lowest BCUT2D eigenvalue weighted by Gasteiger charge is -2.38. The van der Waals surface area contributed by atoms with Gasteiger partial charge in [0.2, 0.25) is 0 Å². The summed E-state index contributed by atoms with van der Waals surface area (Å²) in [7, 11) is 0. The number of carboxylic acids is 1. The highest BCUT2D eigenvalue weighted by Crippen LogP contribution is 2.25. The lowest BCUT2D eigenvalue weighted by Crippen LogP contribution is -2.50. The molecule has 0 spiro atoms. The molecule has 0 saturated carbocycles. The summed E-state index contributed by atoms with van der Waals surface area (Å²) >= 11 is 0. The molecule has 1 atom stereocenters. The maximum atomic E-state index is 11.1. The van der Waals surface area contributed by atoms with Crippen LogP contribution in [-0.2, 0) is 0 Å². The standard InChI is InChI=1S/C13H18N4O2/c14-11-7-15-12(6-10(11)13(18)19)17-5-4-16-3-1-2-9(16)8-17/h6-7,9H,1-5,8,14H2,(H,18,19). The highest BCUT2D eigenvalue weighted by Gasteiger charge is 2.31. The molecule has 0 aliphatic carbocycles. The topological polar surface area (TPSA) is 82.7 Å². The average Bonchev–Trinajstić information content (AvgIpc) is 2.86. The number of fused-ring (bicyclic) bond motifs is 1. The van der Waals surface area contributed by atoms with Gasteiger partial charge < -0.3 is 15.7 Å². The molecule has 19 heavy (non-hydrogen) atoms. The van der Waals surface area contributed by atoms with Crippen LogP contribution in [0.15, 0.2) is 12.3 Å². The lowest BCUT2D eigenvalue weighted by molar-refractivity contribution is 0.0698. The van der Waals surface area contributed by atoms with Gasteiger partial charge in [0, 0.05) is 25.7 Å². The Hall–Kier alpha value is -1.82. The summed E-state index contributed by atoms with van der Waals surface area (Å²) in [6.45, 7) is 4.04. The molecule has 3 heterocycles. The highest BCUT2D eigenvalue weighted by atomic mass is 16.4. The number of pyridine rings is 1. The van der Waals surface area contributed by atoms with Crippen molar-refractivity contribution < 1.29 is 9.90 Å². The molecular formula is C13H18N4O2. The number of anilines is 2. The van der Waals surface area contributed by atoms with Gasteiger partial charge in [0.15, 0.2) is 0 Å². The Morgan fingerprint density at radius 3 is 3.05 bits per heavy atom. The van der Waals surface area contributed by atoms with E-state index in [0.717, 1.165) is 25.5 Å². The number of nitrogens with two attached hydrogens (primary N) is 1. The number of carbonyl (C=O) groups is 1. The van der Waals surface area contributed by atoms with Crippen molar-refractivity contribution >= 4 is 17.5 Å². The molecule has 0 aromatic carbocycles. The van der Waals surface area contributed by atoms with Crippen molar-refractivity contribution in [2.45, 2.75) is 18.9 Å². The first-order valence-electron chi connectivity index (χ1n) is 6.63. The van der Waals surface area contributed by atoms with E-state index in [-0.39, 0.29) is 11.3 Å². The number of aromatic nitrogens is 1. The Balaban J connectivity index is 1.82. The monoisotopic (exact) mass is 262 g/mol. The number of carboxylic acid groups (broad SMARTS) is 1. The molecule has 1 aromatic rings. The van der Waals surface area contributed by atoms with Crippen molar-refractivity contribution in [3.8, 4) is 0 Å². The van der Waals surface area contributed by atoms with Crippen LogP contribution < -0.4 is 10.6 Å². The quantitative estimate of drug-likeness (QED) is 0.814. The van der Waals surface area contributed by atoms with Crippen molar-refractivity contribution in [3.05, 3.63) is 17.8 Å². The van der Waals surface area contributed by atoms with Gasteiger partial charge in [-0.1, -0.05) is 0 Å². The van der Waals surface area contributed by atoms with Crippen LogP contribution in [-0.4, -0.2) is 53.2 Å². The third-order valence-electron chi connectivity index (χ3n) is 4.06. The van der Waals surface area contributed by atoms with E-state index in [4.69, 9.17) is 10.8 Å². The molecule has 0 bridgehead atoms. The fraction of sp³-hybridized carbons (Fsp3) is 0.538. The fourth-order valence-corrected chi connectivity index (χ4v) is 3.01. The number of hydrogen-bond acceptors (Lipinski definition) is 5. The second-order valence-corrected chi connectivity index (χ2v) is 5.21. The number of nitrogen functional groups attached to an aromatic ring is 1.